The Bertz CT molecular complexity index is 881. The van der Waals surface area contributed by atoms with Crippen molar-refractivity contribution in [1.29, 1.82) is 0 Å². The van der Waals surface area contributed by atoms with Crippen LogP contribution < -0.4 is 0 Å². The zero-order chi connectivity index (χ0) is 19.4. The minimum Gasteiger partial charge on any atom is -0.394 e. The van der Waals surface area contributed by atoms with Crippen LogP contribution in [0, 0.1) is 11.6 Å². The molecule has 1 heterocycles. The van der Waals surface area contributed by atoms with Crippen LogP contribution in [0.5, 0.6) is 0 Å². The molecule has 1 N–H and O–H groups in total. The van der Waals surface area contributed by atoms with Crippen molar-refractivity contribution in [2.75, 3.05) is 19.8 Å². The summed E-state index contributed by atoms with van der Waals surface area (Å²) >= 11 is 6.45. The highest BCUT2D eigenvalue weighted by molar-refractivity contribution is 9.10. The second kappa shape index (κ2) is 9.01. The molecule has 9 heteroatoms. The monoisotopic (exact) mass is 501 g/mol. The predicted octanol–water partition coefficient (Wildman–Crippen LogP) is 4.42. The molecule has 3 aromatic rings. The molecule has 0 saturated carbocycles. The lowest BCUT2D eigenvalue weighted by Gasteiger charge is -2.12. The van der Waals surface area contributed by atoms with Crippen LogP contribution in [0.15, 0.2) is 45.3 Å². The van der Waals surface area contributed by atoms with Gasteiger partial charge in [0.05, 0.1) is 30.9 Å². The van der Waals surface area contributed by atoms with E-state index < -0.39 is 11.6 Å². The Morgan fingerprint density at radius 3 is 1.85 bits per heavy atom. The third-order valence-electron chi connectivity index (χ3n) is 3.79. The molecule has 2 aromatic carbocycles. The average molecular weight is 503 g/mol. The number of hydrogen-bond donors (Lipinski definition) is 1. The Labute approximate surface area is 171 Å². The van der Waals surface area contributed by atoms with E-state index in [1.807, 2.05) is 0 Å². The van der Waals surface area contributed by atoms with Crippen LogP contribution in [0.25, 0.3) is 22.8 Å². The van der Waals surface area contributed by atoms with Gasteiger partial charge in [0.1, 0.15) is 11.6 Å². The second-order valence-corrected chi connectivity index (χ2v) is 7.41. The number of aliphatic hydroxyl groups is 1. The molecule has 0 radical (unpaired) electrons. The molecule has 0 atom stereocenters. The summed E-state index contributed by atoms with van der Waals surface area (Å²) in [6.07, 6.45) is 0. The first-order valence-corrected chi connectivity index (χ1v) is 9.62. The molecule has 0 aliphatic heterocycles. The van der Waals surface area contributed by atoms with Crippen LogP contribution in [-0.2, 0) is 11.3 Å². The van der Waals surface area contributed by atoms with Gasteiger partial charge in [-0.25, -0.2) is 8.78 Å². The normalized spacial score (nSPS) is 11.1. The SMILES string of the molecule is OCCOCCn1c(-c2ccc(Br)cc2F)nnc1-c1ccc(Br)cc1F. The van der Waals surface area contributed by atoms with E-state index in [9.17, 15) is 8.78 Å². The smallest absolute Gasteiger partial charge is 0.167 e. The van der Waals surface area contributed by atoms with Gasteiger partial charge in [-0.15, -0.1) is 10.2 Å². The van der Waals surface area contributed by atoms with Crippen LogP contribution in [0.4, 0.5) is 8.78 Å². The molecule has 0 spiro atoms. The molecule has 1 aromatic heterocycles. The summed E-state index contributed by atoms with van der Waals surface area (Å²) in [6.45, 7) is 0.564. The van der Waals surface area contributed by atoms with Gasteiger partial charge in [0.15, 0.2) is 11.6 Å². The lowest BCUT2D eigenvalue weighted by atomic mass is 10.1. The third-order valence-corrected chi connectivity index (χ3v) is 4.78. The van der Waals surface area contributed by atoms with Crippen molar-refractivity contribution >= 4 is 31.9 Å². The van der Waals surface area contributed by atoms with Crippen molar-refractivity contribution in [3.8, 4) is 22.8 Å². The number of aromatic nitrogens is 3. The predicted molar refractivity (Wildman–Crippen MR) is 104 cm³/mol. The van der Waals surface area contributed by atoms with Crippen molar-refractivity contribution < 1.29 is 18.6 Å². The van der Waals surface area contributed by atoms with Crippen LogP contribution >= 0.6 is 31.9 Å². The summed E-state index contributed by atoms with van der Waals surface area (Å²) < 4.78 is 37.0. The van der Waals surface area contributed by atoms with E-state index in [0.717, 1.165) is 0 Å². The van der Waals surface area contributed by atoms with E-state index in [4.69, 9.17) is 9.84 Å². The highest BCUT2D eigenvalue weighted by Crippen LogP contribution is 2.30. The van der Waals surface area contributed by atoms with Crippen LogP contribution in [0.1, 0.15) is 0 Å². The molecule has 0 amide bonds. The molecule has 5 nitrogen and oxygen atoms in total. The number of rotatable bonds is 7. The largest absolute Gasteiger partial charge is 0.394 e. The molecule has 27 heavy (non-hydrogen) atoms. The maximum absolute atomic E-state index is 14.4. The van der Waals surface area contributed by atoms with E-state index in [1.54, 1.807) is 28.8 Å². The van der Waals surface area contributed by atoms with Gasteiger partial charge < -0.3 is 14.4 Å². The maximum atomic E-state index is 14.4. The molecule has 0 fully saturated rings. The quantitative estimate of drug-likeness (QED) is 0.486. The van der Waals surface area contributed by atoms with Crippen molar-refractivity contribution in [2.24, 2.45) is 0 Å². The second-order valence-electron chi connectivity index (χ2n) is 5.58. The molecule has 0 saturated heterocycles. The number of nitrogens with zero attached hydrogens (tertiary/aromatic N) is 3. The van der Waals surface area contributed by atoms with Crippen molar-refractivity contribution in [1.82, 2.24) is 14.8 Å². The first-order chi connectivity index (χ1) is 13.0. The minimum absolute atomic E-state index is 0.107. The van der Waals surface area contributed by atoms with Crippen LogP contribution in [0.3, 0.4) is 0 Å². The molecule has 0 aliphatic rings. The minimum atomic E-state index is -0.475. The van der Waals surface area contributed by atoms with Gasteiger partial charge in [0, 0.05) is 15.5 Å². The number of aliphatic hydroxyl groups excluding tert-OH is 1. The van der Waals surface area contributed by atoms with Gasteiger partial charge >= 0.3 is 0 Å². The van der Waals surface area contributed by atoms with Crippen molar-refractivity contribution in [3.05, 3.63) is 57.0 Å². The van der Waals surface area contributed by atoms with Gasteiger partial charge in [0.2, 0.25) is 0 Å². The Kier molecular flexibility index (Phi) is 6.69. The van der Waals surface area contributed by atoms with E-state index in [2.05, 4.69) is 42.1 Å². The molecule has 0 bridgehead atoms. The highest BCUT2D eigenvalue weighted by Gasteiger charge is 2.20. The number of halogens is 4. The zero-order valence-electron chi connectivity index (χ0n) is 14.0. The summed E-state index contributed by atoms with van der Waals surface area (Å²) in [7, 11) is 0. The van der Waals surface area contributed by atoms with E-state index in [-0.39, 0.29) is 49.1 Å². The van der Waals surface area contributed by atoms with Crippen molar-refractivity contribution in [3.63, 3.8) is 0 Å². The first kappa shape index (κ1) is 20.1. The van der Waals surface area contributed by atoms with Gasteiger partial charge in [-0.1, -0.05) is 31.9 Å². The summed E-state index contributed by atoms with van der Waals surface area (Å²) in [4.78, 5) is 0. The van der Waals surface area contributed by atoms with Crippen LogP contribution in [0.2, 0.25) is 0 Å². The van der Waals surface area contributed by atoms with Gasteiger partial charge in [-0.3, -0.25) is 0 Å². The maximum Gasteiger partial charge on any atom is 0.167 e. The first-order valence-electron chi connectivity index (χ1n) is 8.04. The number of ether oxygens (including phenoxy) is 1. The fourth-order valence-electron chi connectivity index (χ4n) is 2.58. The number of benzene rings is 2. The van der Waals surface area contributed by atoms with E-state index in [1.165, 1.54) is 12.1 Å². The van der Waals surface area contributed by atoms with Crippen LogP contribution in [-0.4, -0.2) is 39.7 Å². The van der Waals surface area contributed by atoms with Gasteiger partial charge in [-0.05, 0) is 36.4 Å². The summed E-state index contributed by atoms with van der Waals surface area (Å²) in [5, 5.41) is 17.0. The van der Waals surface area contributed by atoms with Gasteiger partial charge in [-0.2, -0.15) is 0 Å². The highest BCUT2D eigenvalue weighted by atomic mass is 79.9. The average Bonchev–Trinajstić information content (AvgIpc) is 3.02. The standard InChI is InChI=1S/C18H15Br2F2N3O2/c19-11-1-3-13(15(21)9-11)17-23-24-18(25(17)5-7-27-8-6-26)14-4-2-12(20)10-16(14)22/h1-4,9-10,26H,5-8H2. The molecule has 3 rings (SSSR count). The Morgan fingerprint density at radius 1 is 0.889 bits per heavy atom. The summed E-state index contributed by atoms with van der Waals surface area (Å²) in [6, 6.07) is 9.21. The molecular formula is C18H15Br2F2N3O2. The molecule has 142 valence electrons. The fourth-order valence-corrected chi connectivity index (χ4v) is 3.24. The lowest BCUT2D eigenvalue weighted by molar-refractivity contribution is 0.0873. The fraction of sp³-hybridized carbons (Fsp3) is 0.222. The van der Waals surface area contributed by atoms with Crippen molar-refractivity contribution in [2.45, 2.75) is 6.54 Å². The molecule has 0 aliphatic carbocycles. The lowest BCUT2D eigenvalue weighted by Crippen LogP contribution is -2.11. The van der Waals surface area contributed by atoms with Gasteiger partial charge in [0.25, 0.3) is 0 Å². The summed E-state index contributed by atoms with van der Waals surface area (Å²) in [5.74, 6) is -0.413. The summed E-state index contributed by atoms with van der Waals surface area (Å²) in [5.41, 5.74) is 0.494. The Balaban J connectivity index is 2.07. The topological polar surface area (TPSA) is 60.2 Å². The Morgan fingerprint density at radius 2 is 1.41 bits per heavy atom. The molecular weight excluding hydrogens is 488 g/mol. The Hall–Kier alpha value is -1.68. The van der Waals surface area contributed by atoms with E-state index >= 15 is 0 Å². The number of hydrogen-bond acceptors (Lipinski definition) is 4. The molecule has 0 unspecified atom stereocenters. The van der Waals surface area contributed by atoms with E-state index in [0.29, 0.717) is 8.95 Å². The third kappa shape index (κ3) is 4.60. The zero-order valence-corrected chi connectivity index (χ0v) is 17.2.